The van der Waals surface area contributed by atoms with Gasteiger partial charge < -0.3 is 4.90 Å². The van der Waals surface area contributed by atoms with E-state index in [2.05, 4.69) is 36.2 Å². The zero-order chi connectivity index (χ0) is 21.1. The first-order valence-corrected chi connectivity index (χ1v) is 10.4. The Morgan fingerprint density at radius 3 is 2.50 bits per heavy atom. The van der Waals surface area contributed by atoms with Gasteiger partial charge in [0, 0.05) is 48.4 Å². The maximum atomic E-state index is 13.1. The number of amides is 1. The Morgan fingerprint density at radius 2 is 1.83 bits per heavy atom. The molecule has 30 heavy (non-hydrogen) atoms. The third kappa shape index (κ3) is 4.18. The Bertz CT molecular complexity index is 1070. The van der Waals surface area contributed by atoms with E-state index in [4.69, 9.17) is 0 Å². The molecule has 2 heterocycles. The van der Waals surface area contributed by atoms with Crippen LogP contribution in [0.2, 0.25) is 0 Å². The summed E-state index contributed by atoms with van der Waals surface area (Å²) in [7, 11) is 0. The number of anilines is 1. The Hall–Kier alpha value is -3.27. The van der Waals surface area contributed by atoms with Crippen LogP contribution in [-0.2, 0) is 4.79 Å². The van der Waals surface area contributed by atoms with Crippen molar-refractivity contribution in [3.05, 3.63) is 94.8 Å². The number of rotatable bonds is 6. The first-order chi connectivity index (χ1) is 14.5. The number of Topliss-reactive ketones (excluding diaryl/α,β-unsaturated/α-hetero) is 1. The zero-order valence-corrected chi connectivity index (χ0v) is 17.5. The van der Waals surface area contributed by atoms with Crippen LogP contribution in [0, 0.1) is 13.8 Å². The van der Waals surface area contributed by atoms with Crippen LogP contribution in [0.1, 0.15) is 57.9 Å². The number of benzene rings is 2. The van der Waals surface area contributed by atoms with Crippen molar-refractivity contribution < 1.29 is 9.59 Å². The Morgan fingerprint density at radius 1 is 1.07 bits per heavy atom. The fourth-order valence-electron chi connectivity index (χ4n) is 4.22. The summed E-state index contributed by atoms with van der Waals surface area (Å²) in [5.74, 6) is 0.240. The largest absolute Gasteiger partial charge is 0.312 e. The van der Waals surface area contributed by atoms with E-state index in [1.54, 1.807) is 12.3 Å². The molecule has 1 atom stereocenters. The summed E-state index contributed by atoms with van der Waals surface area (Å²) in [6, 6.07) is 20.0. The van der Waals surface area contributed by atoms with Gasteiger partial charge in [0.2, 0.25) is 5.91 Å². The van der Waals surface area contributed by atoms with Crippen molar-refractivity contribution in [3.63, 3.8) is 0 Å². The first kappa shape index (κ1) is 20.0. The van der Waals surface area contributed by atoms with Crippen LogP contribution in [0.4, 0.5) is 5.69 Å². The molecule has 152 valence electrons. The summed E-state index contributed by atoms with van der Waals surface area (Å²) < 4.78 is 0. The van der Waals surface area contributed by atoms with Crippen LogP contribution in [0.5, 0.6) is 0 Å². The lowest BCUT2D eigenvalue weighted by molar-refractivity contribution is -0.117. The molecule has 0 radical (unpaired) electrons. The minimum absolute atomic E-state index is 0.0458. The molecule has 0 saturated carbocycles. The van der Waals surface area contributed by atoms with Crippen molar-refractivity contribution in [1.29, 1.82) is 0 Å². The second kappa shape index (κ2) is 8.62. The summed E-state index contributed by atoms with van der Waals surface area (Å²) in [6.45, 7) is 4.76. The Balaban J connectivity index is 1.66. The summed E-state index contributed by atoms with van der Waals surface area (Å²) in [5, 5.41) is 0. The Kier molecular flexibility index (Phi) is 5.75. The molecule has 1 aliphatic rings. The SMILES string of the molecule is Cc1cc(C(=O)C[C@H](c2ccc(N3CCCC3=O)cc2)c2ccccc2C)ccn1. The smallest absolute Gasteiger partial charge is 0.227 e. The second-order valence-electron chi connectivity index (χ2n) is 7.96. The third-order valence-electron chi connectivity index (χ3n) is 5.85. The number of aromatic nitrogens is 1. The molecule has 1 aromatic heterocycles. The van der Waals surface area contributed by atoms with E-state index in [0.717, 1.165) is 35.5 Å². The van der Waals surface area contributed by atoms with Gasteiger partial charge in [-0.15, -0.1) is 0 Å². The molecule has 0 unspecified atom stereocenters. The number of ketones is 1. The normalized spacial score (nSPS) is 14.7. The maximum Gasteiger partial charge on any atom is 0.227 e. The number of carbonyl (C=O) groups excluding carboxylic acids is 2. The summed E-state index contributed by atoms with van der Waals surface area (Å²) in [4.78, 5) is 31.2. The fourth-order valence-corrected chi connectivity index (χ4v) is 4.22. The van der Waals surface area contributed by atoms with Gasteiger partial charge in [-0.25, -0.2) is 0 Å². The molecule has 2 aromatic carbocycles. The summed E-state index contributed by atoms with van der Waals surface area (Å²) in [5.41, 5.74) is 5.87. The quantitative estimate of drug-likeness (QED) is 0.534. The predicted molar refractivity (Wildman–Crippen MR) is 119 cm³/mol. The van der Waals surface area contributed by atoms with Crippen LogP contribution >= 0.6 is 0 Å². The number of aryl methyl sites for hydroxylation is 2. The monoisotopic (exact) mass is 398 g/mol. The molecular formula is C26H26N2O2. The van der Waals surface area contributed by atoms with Gasteiger partial charge in [-0.2, -0.15) is 0 Å². The number of hydrogen-bond acceptors (Lipinski definition) is 3. The average Bonchev–Trinajstić information content (AvgIpc) is 3.18. The highest BCUT2D eigenvalue weighted by Crippen LogP contribution is 2.33. The number of hydrogen-bond donors (Lipinski definition) is 0. The van der Waals surface area contributed by atoms with Crippen molar-refractivity contribution in [2.45, 2.75) is 39.0 Å². The zero-order valence-electron chi connectivity index (χ0n) is 17.5. The van der Waals surface area contributed by atoms with Crippen molar-refractivity contribution in [2.75, 3.05) is 11.4 Å². The van der Waals surface area contributed by atoms with Crippen molar-refractivity contribution >= 4 is 17.4 Å². The molecule has 4 heteroatoms. The molecule has 1 aliphatic heterocycles. The minimum atomic E-state index is -0.0458. The van der Waals surface area contributed by atoms with E-state index in [9.17, 15) is 9.59 Å². The average molecular weight is 399 g/mol. The van der Waals surface area contributed by atoms with Gasteiger partial charge in [0.1, 0.15) is 0 Å². The molecule has 1 fully saturated rings. The van der Waals surface area contributed by atoms with E-state index in [1.165, 1.54) is 5.56 Å². The van der Waals surface area contributed by atoms with Crippen LogP contribution in [0.15, 0.2) is 66.9 Å². The van der Waals surface area contributed by atoms with E-state index >= 15 is 0 Å². The highest BCUT2D eigenvalue weighted by molar-refractivity contribution is 5.97. The summed E-state index contributed by atoms with van der Waals surface area (Å²) >= 11 is 0. The molecule has 1 amide bonds. The molecule has 0 spiro atoms. The van der Waals surface area contributed by atoms with E-state index < -0.39 is 0 Å². The molecular weight excluding hydrogens is 372 g/mol. The van der Waals surface area contributed by atoms with E-state index in [0.29, 0.717) is 18.4 Å². The molecule has 4 rings (SSSR count). The predicted octanol–water partition coefficient (Wildman–Crippen LogP) is 5.23. The topological polar surface area (TPSA) is 50.3 Å². The molecule has 1 saturated heterocycles. The van der Waals surface area contributed by atoms with Gasteiger partial charge in [-0.3, -0.25) is 14.6 Å². The van der Waals surface area contributed by atoms with Gasteiger partial charge >= 0.3 is 0 Å². The van der Waals surface area contributed by atoms with Gasteiger partial charge in [0.15, 0.2) is 5.78 Å². The second-order valence-corrected chi connectivity index (χ2v) is 7.96. The standard InChI is InChI=1S/C26H26N2O2/c1-18-6-3-4-7-23(18)24(17-25(29)21-13-14-27-19(2)16-21)20-9-11-22(12-10-20)28-15-5-8-26(28)30/h3-4,6-7,9-14,16,24H,5,8,15,17H2,1-2H3/t24-/m1/s1. The van der Waals surface area contributed by atoms with E-state index in [-0.39, 0.29) is 17.6 Å². The van der Waals surface area contributed by atoms with Crippen molar-refractivity contribution in [3.8, 4) is 0 Å². The highest BCUT2D eigenvalue weighted by atomic mass is 16.2. The lowest BCUT2D eigenvalue weighted by atomic mass is 9.83. The van der Waals surface area contributed by atoms with Crippen LogP contribution in [0.3, 0.4) is 0 Å². The first-order valence-electron chi connectivity index (χ1n) is 10.4. The number of pyridine rings is 1. The van der Waals surface area contributed by atoms with Crippen LogP contribution < -0.4 is 4.90 Å². The fraction of sp³-hybridized carbons (Fsp3) is 0.269. The molecule has 0 bridgehead atoms. The highest BCUT2D eigenvalue weighted by Gasteiger charge is 2.24. The lowest BCUT2D eigenvalue weighted by Gasteiger charge is -2.21. The molecule has 3 aromatic rings. The maximum absolute atomic E-state index is 13.1. The van der Waals surface area contributed by atoms with Crippen molar-refractivity contribution in [1.82, 2.24) is 4.98 Å². The minimum Gasteiger partial charge on any atom is -0.312 e. The van der Waals surface area contributed by atoms with Crippen molar-refractivity contribution in [2.24, 2.45) is 0 Å². The molecule has 0 aliphatic carbocycles. The van der Waals surface area contributed by atoms with Crippen LogP contribution in [-0.4, -0.2) is 23.2 Å². The van der Waals surface area contributed by atoms with Gasteiger partial charge in [0.05, 0.1) is 0 Å². The lowest BCUT2D eigenvalue weighted by Crippen LogP contribution is -2.23. The summed E-state index contributed by atoms with van der Waals surface area (Å²) in [6.07, 6.45) is 3.60. The van der Waals surface area contributed by atoms with Gasteiger partial charge in [-0.05, 0) is 61.2 Å². The number of carbonyl (C=O) groups is 2. The third-order valence-corrected chi connectivity index (χ3v) is 5.85. The van der Waals surface area contributed by atoms with E-state index in [1.807, 2.05) is 42.2 Å². The molecule has 4 nitrogen and oxygen atoms in total. The van der Waals surface area contributed by atoms with Gasteiger partial charge in [-0.1, -0.05) is 36.4 Å². The van der Waals surface area contributed by atoms with Gasteiger partial charge in [0.25, 0.3) is 0 Å². The Labute approximate surface area is 177 Å². The van der Waals surface area contributed by atoms with Crippen LogP contribution in [0.25, 0.3) is 0 Å². The molecule has 0 N–H and O–H groups in total. The number of nitrogens with zero attached hydrogens (tertiary/aromatic N) is 2.